The molecule has 0 aromatic heterocycles. The molecule has 94 valence electrons. The van der Waals surface area contributed by atoms with Crippen LogP contribution in [0.5, 0.6) is 0 Å². The molecular formula is C18H17N. The maximum atomic E-state index is 3.59. The van der Waals surface area contributed by atoms with E-state index in [-0.39, 0.29) is 0 Å². The molecule has 1 N–H and O–H groups in total. The van der Waals surface area contributed by atoms with Crippen LogP contribution < -0.4 is 5.32 Å². The van der Waals surface area contributed by atoms with Gasteiger partial charge in [-0.15, -0.1) is 0 Å². The zero-order valence-electron chi connectivity index (χ0n) is 11.2. The van der Waals surface area contributed by atoms with E-state index in [4.69, 9.17) is 0 Å². The second-order valence-electron chi connectivity index (χ2n) is 5.52. The predicted molar refractivity (Wildman–Crippen MR) is 81.0 cm³/mol. The number of nitrogens with one attached hydrogen (secondary N) is 1. The third-order valence-electron chi connectivity index (χ3n) is 4.30. The van der Waals surface area contributed by atoms with Crippen LogP contribution in [0, 0.1) is 6.92 Å². The highest BCUT2D eigenvalue weighted by Crippen LogP contribution is 2.46. The van der Waals surface area contributed by atoms with Crippen LogP contribution >= 0.6 is 0 Å². The SMILES string of the molecule is Cc1ccc2c(c1)C1=C(CC1)c1ccccc1NC2. The minimum Gasteiger partial charge on any atom is -0.380 e. The maximum Gasteiger partial charge on any atom is 0.0419 e. The van der Waals surface area contributed by atoms with Gasteiger partial charge in [0.25, 0.3) is 0 Å². The Labute approximate surface area is 114 Å². The molecule has 0 atom stereocenters. The summed E-state index contributed by atoms with van der Waals surface area (Å²) in [5.41, 5.74) is 10.0. The van der Waals surface area contributed by atoms with Crippen molar-refractivity contribution in [1.82, 2.24) is 0 Å². The summed E-state index contributed by atoms with van der Waals surface area (Å²) >= 11 is 0. The summed E-state index contributed by atoms with van der Waals surface area (Å²) < 4.78 is 0. The average Bonchev–Trinajstić information content (AvgIpc) is 2.37. The Balaban J connectivity index is 1.98. The lowest BCUT2D eigenvalue weighted by atomic mass is 9.77. The molecule has 2 aromatic carbocycles. The minimum absolute atomic E-state index is 0.920. The normalized spacial score (nSPS) is 16.3. The maximum absolute atomic E-state index is 3.59. The Kier molecular flexibility index (Phi) is 2.28. The number of allylic oxidation sites excluding steroid dienone is 2. The second-order valence-corrected chi connectivity index (χ2v) is 5.52. The molecular weight excluding hydrogens is 230 g/mol. The first-order valence-electron chi connectivity index (χ1n) is 6.98. The number of rotatable bonds is 0. The minimum atomic E-state index is 0.920. The molecule has 1 aliphatic heterocycles. The van der Waals surface area contributed by atoms with Gasteiger partial charge in [0.15, 0.2) is 0 Å². The standard InChI is InChI=1S/C18H17N/c1-12-6-7-13-11-19-18-5-3-2-4-16(18)14-8-9-15(14)17(13)10-12/h2-7,10,19H,8-9,11H2,1H3. The Morgan fingerprint density at radius 2 is 1.68 bits per heavy atom. The molecule has 0 radical (unpaired) electrons. The molecule has 1 aliphatic carbocycles. The van der Waals surface area contributed by atoms with Gasteiger partial charge in [0.2, 0.25) is 0 Å². The highest BCUT2D eigenvalue weighted by atomic mass is 14.9. The van der Waals surface area contributed by atoms with Gasteiger partial charge in [0.05, 0.1) is 0 Å². The molecule has 1 heterocycles. The Morgan fingerprint density at radius 3 is 2.53 bits per heavy atom. The number of anilines is 1. The summed E-state index contributed by atoms with van der Waals surface area (Å²) in [6, 6.07) is 15.5. The summed E-state index contributed by atoms with van der Waals surface area (Å²) in [6.07, 6.45) is 2.43. The number of benzene rings is 2. The Morgan fingerprint density at radius 1 is 0.895 bits per heavy atom. The first-order valence-corrected chi connectivity index (χ1v) is 6.98. The van der Waals surface area contributed by atoms with E-state index in [1.54, 1.807) is 5.57 Å². The zero-order chi connectivity index (χ0) is 12.8. The summed E-state index contributed by atoms with van der Waals surface area (Å²) in [6.45, 7) is 3.10. The van der Waals surface area contributed by atoms with Crippen molar-refractivity contribution in [2.75, 3.05) is 5.32 Å². The summed E-state index contributed by atoms with van der Waals surface area (Å²) in [7, 11) is 0. The van der Waals surface area contributed by atoms with Crippen LogP contribution in [0.1, 0.15) is 35.1 Å². The van der Waals surface area contributed by atoms with Crippen LogP contribution in [0.25, 0.3) is 11.1 Å². The molecule has 1 heteroatoms. The molecule has 1 nitrogen and oxygen atoms in total. The summed E-state index contributed by atoms with van der Waals surface area (Å²) in [4.78, 5) is 0. The van der Waals surface area contributed by atoms with Crippen LogP contribution in [0.15, 0.2) is 42.5 Å². The van der Waals surface area contributed by atoms with Gasteiger partial charge in [0, 0.05) is 17.8 Å². The van der Waals surface area contributed by atoms with Crippen molar-refractivity contribution in [3.8, 4) is 0 Å². The second kappa shape index (κ2) is 3.99. The molecule has 0 amide bonds. The van der Waals surface area contributed by atoms with Gasteiger partial charge in [-0.3, -0.25) is 0 Å². The van der Waals surface area contributed by atoms with Crippen molar-refractivity contribution in [2.45, 2.75) is 26.3 Å². The first kappa shape index (κ1) is 10.9. The molecule has 4 rings (SSSR count). The molecule has 19 heavy (non-hydrogen) atoms. The fourth-order valence-corrected chi connectivity index (χ4v) is 3.19. The van der Waals surface area contributed by atoms with Gasteiger partial charge in [-0.25, -0.2) is 0 Å². The van der Waals surface area contributed by atoms with E-state index in [1.807, 2.05) is 0 Å². The fourth-order valence-electron chi connectivity index (χ4n) is 3.19. The van der Waals surface area contributed by atoms with E-state index in [9.17, 15) is 0 Å². The molecule has 0 fully saturated rings. The van der Waals surface area contributed by atoms with Crippen LogP contribution in [0.4, 0.5) is 5.69 Å². The monoisotopic (exact) mass is 247 g/mol. The van der Waals surface area contributed by atoms with Crippen molar-refractivity contribution in [3.63, 3.8) is 0 Å². The lowest BCUT2D eigenvalue weighted by molar-refractivity contribution is 0.988. The molecule has 0 spiro atoms. The number of aryl methyl sites for hydroxylation is 1. The van der Waals surface area contributed by atoms with Crippen molar-refractivity contribution >= 4 is 16.8 Å². The van der Waals surface area contributed by atoms with Crippen molar-refractivity contribution in [3.05, 3.63) is 64.7 Å². The molecule has 2 aliphatic rings. The highest BCUT2D eigenvalue weighted by Gasteiger charge is 2.25. The van der Waals surface area contributed by atoms with Crippen molar-refractivity contribution in [1.29, 1.82) is 0 Å². The van der Waals surface area contributed by atoms with Crippen LogP contribution in [0.2, 0.25) is 0 Å². The van der Waals surface area contributed by atoms with Crippen LogP contribution in [-0.4, -0.2) is 0 Å². The van der Waals surface area contributed by atoms with E-state index in [1.165, 1.54) is 46.4 Å². The van der Waals surface area contributed by atoms with E-state index in [0.29, 0.717) is 0 Å². The number of hydrogen-bond acceptors (Lipinski definition) is 1. The van der Waals surface area contributed by atoms with Crippen molar-refractivity contribution < 1.29 is 0 Å². The number of para-hydroxylation sites is 1. The number of hydrogen-bond donors (Lipinski definition) is 1. The fraction of sp³-hybridized carbons (Fsp3) is 0.222. The van der Waals surface area contributed by atoms with Crippen LogP contribution in [0.3, 0.4) is 0 Å². The Hall–Kier alpha value is -2.02. The molecule has 0 saturated carbocycles. The van der Waals surface area contributed by atoms with Crippen LogP contribution in [-0.2, 0) is 6.54 Å². The van der Waals surface area contributed by atoms with E-state index >= 15 is 0 Å². The topological polar surface area (TPSA) is 12.0 Å². The summed E-state index contributed by atoms with van der Waals surface area (Å²) in [5.74, 6) is 0. The van der Waals surface area contributed by atoms with Gasteiger partial charge in [0.1, 0.15) is 0 Å². The summed E-state index contributed by atoms with van der Waals surface area (Å²) in [5, 5.41) is 3.59. The van der Waals surface area contributed by atoms with E-state index in [2.05, 4.69) is 54.7 Å². The van der Waals surface area contributed by atoms with E-state index < -0.39 is 0 Å². The third kappa shape index (κ3) is 1.61. The predicted octanol–water partition coefficient (Wildman–Crippen LogP) is 4.63. The smallest absolute Gasteiger partial charge is 0.0419 e. The first-order chi connectivity index (χ1) is 9.33. The average molecular weight is 247 g/mol. The lowest BCUT2D eigenvalue weighted by Gasteiger charge is -2.30. The molecule has 0 bridgehead atoms. The van der Waals surface area contributed by atoms with Gasteiger partial charge >= 0.3 is 0 Å². The molecule has 2 aromatic rings. The van der Waals surface area contributed by atoms with Gasteiger partial charge in [-0.05, 0) is 48.1 Å². The molecule has 0 saturated heterocycles. The molecule has 0 unspecified atom stereocenters. The lowest BCUT2D eigenvalue weighted by Crippen LogP contribution is -2.13. The van der Waals surface area contributed by atoms with E-state index in [0.717, 1.165) is 6.54 Å². The van der Waals surface area contributed by atoms with Crippen molar-refractivity contribution in [2.24, 2.45) is 0 Å². The Bertz CT molecular complexity index is 695. The highest BCUT2D eigenvalue weighted by molar-refractivity contribution is 6.00. The zero-order valence-corrected chi connectivity index (χ0v) is 11.2. The largest absolute Gasteiger partial charge is 0.380 e. The third-order valence-corrected chi connectivity index (χ3v) is 4.30. The van der Waals surface area contributed by atoms with Gasteiger partial charge in [-0.1, -0.05) is 42.0 Å². The van der Waals surface area contributed by atoms with Gasteiger partial charge in [-0.2, -0.15) is 0 Å². The quantitative estimate of drug-likeness (QED) is 0.716. The van der Waals surface area contributed by atoms with Gasteiger partial charge < -0.3 is 5.32 Å². The number of fused-ring (bicyclic) bond motifs is 4.